The molecule has 2 aromatic heterocycles. The molecule has 0 aliphatic heterocycles. The average Bonchev–Trinajstić information content (AvgIpc) is 3.24. The van der Waals surface area contributed by atoms with Crippen molar-refractivity contribution in [2.75, 3.05) is 11.1 Å². The number of hydrogen-bond donors (Lipinski definition) is 1. The van der Waals surface area contributed by atoms with Gasteiger partial charge in [-0.15, -0.1) is 28.1 Å². The fraction of sp³-hybridized carbons (Fsp3) is 0.333. The third-order valence-corrected chi connectivity index (χ3v) is 7.93. The van der Waals surface area contributed by atoms with Crippen LogP contribution in [0, 0.1) is 11.3 Å². The van der Waals surface area contributed by atoms with Crippen molar-refractivity contribution >= 4 is 45.6 Å². The number of nitrogens with one attached hydrogen (secondary N) is 1. The van der Waals surface area contributed by atoms with Gasteiger partial charge in [0.25, 0.3) is 0 Å². The molecule has 2 heterocycles. The summed E-state index contributed by atoms with van der Waals surface area (Å²) in [5, 5.41) is 23.3. The molecule has 170 valence electrons. The second kappa shape index (κ2) is 11.0. The van der Waals surface area contributed by atoms with Crippen molar-refractivity contribution < 1.29 is 4.79 Å². The van der Waals surface area contributed by atoms with E-state index in [9.17, 15) is 10.1 Å². The smallest absolute Gasteiger partial charge is 0.235 e. The summed E-state index contributed by atoms with van der Waals surface area (Å²) < 4.78 is 1.97. The van der Waals surface area contributed by atoms with Crippen LogP contribution in [0.3, 0.4) is 0 Å². The number of thiophene rings is 1. The zero-order valence-electron chi connectivity index (χ0n) is 18.1. The number of fused-ring (bicyclic) bond motifs is 1. The van der Waals surface area contributed by atoms with Crippen LogP contribution in [-0.4, -0.2) is 26.4 Å². The van der Waals surface area contributed by atoms with Crippen LogP contribution in [0.4, 0.5) is 5.00 Å². The molecule has 1 aromatic carbocycles. The van der Waals surface area contributed by atoms with E-state index in [2.05, 4.69) is 28.2 Å². The van der Waals surface area contributed by atoms with Crippen molar-refractivity contribution in [3.8, 4) is 6.07 Å². The summed E-state index contributed by atoms with van der Waals surface area (Å²) in [5.74, 6) is 0.832. The Kier molecular flexibility index (Phi) is 7.86. The minimum Gasteiger partial charge on any atom is -0.316 e. The molecule has 4 rings (SSSR count). The van der Waals surface area contributed by atoms with E-state index in [1.54, 1.807) is 17.4 Å². The molecular weight excluding hydrogens is 474 g/mol. The molecule has 0 bridgehead atoms. The van der Waals surface area contributed by atoms with Gasteiger partial charge in [-0.05, 0) is 48.9 Å². The summed E-state index contributed by atoms with van der Waals surface area (Å²) >= 11 is 8.86. The summed E-state index contributed by atoms with van der Waals surface area (Å²) in [6, 6.07) is 9.94. The number of aryl methyl sites for hydroxylation is 1. The predicted molar refractivity (Wildman–Crippen MR) is 134 cm³/mol. The molecule has 0 unspecified atom stereocenters. The molecule has 0 fully saturated rings. The van der Waals surface area contributed by atoms with E-state index in [1.807, 2.05) is 28.8 Å². The molecule has 1 aliphatic carbocycles. The van der Waals surface area contributed by atoms with Crippen LogP contribution in [0.2, 0.25) is 5.02 Å². The fourth-order valence-electron chi connectivity index (χ4n) is 3.90. The number of allylic oxidation sites excluding steroid dienone is 1. The number of carbonyl (C=O) groups is 1. The maximum absolute atomic E-state index is 12.7. The van der Waals surface area contributed by atoms with Crippen molar-refractivity contribution in [3.63, 3.8) is 0 Å². The first-order valence-corrected chi connectivity index (χ1v) is 13.0. The first-order valence-electron chi connectivity index (χ1n) is 10.8. The Hall–Kier alpha value is -2.60. The van der Waals surface area contributed by atoms with E-state index >= 15 is 0 Å². The summed E-state index contributed by atoms with van der Waals surface area (Å²) in [6.07, 6.45) is 7.72. The number of aromatic nitrogens is 3. The first-order chi connectivity index (χ1) is 16.1. The van der Waals surface area contributed by atoms with Crippen LogP contribution in [0.25, 0.3) is 0 Å². The van der Waals surface area contributed by atoms with E-state index < -0.39 is 0 Å². The minimum absolute atomic E-state index is 0.152. The second-order valence-corrected chi connectivity index (χ2v) is 10.3. The number of hydrogen-bond acceptors (Lipinski definition) is 6. The number of carbonyl (C=O) groups excluding carboxylic acids is 1. The average molecular weight is 498 g/mol. The summed E-state index contributed by atoms with van der Waals surface area (Å²) in [5.41, 5.74) is 2.84. The highest BCUT2D eigenvalue weighted by molar-refractivity contribution is 7.99. The van der Waals surface area contributed by atoms with Crippen LogP contribution in [0.5, 0.6) is 0 Å². The molecule has 33 heavy (non-hydrogen) atoms. The number of nitrogens with zero attached hydrogens (tertiary/aromatic N) is 4. The van der Waals surface area contributed by atoms with E-state index in [-0.39, 0.29) is 11.7 Å². The highest BCUT2D eigenvalue weighted by Gasteiger charge is 2.21. The van der Waals surface area contributed by atoms with Crippen LogP contribution in [0.15, 0.2) is 42.1 Å². The topological polar surface area (TPSA) is 83.6 Å². The van der Waals surface area contributed by atoms with Gasteiger partial charge in [0.1, 0.15) is 16.9 Å². The lowest BCUT2D eigenvalue weighted by atomic mass is 10.1. The van der Waals surface area contributed by atoms with Gasteiger partial charge in [0, 0.05) is 22.9 Å². The normalized spacial score (nSPS) is 13.1. The van der Waals surface area contributed by atoms with Gasteiger partial charge < -0.3 is 9.88 Å². The molecule has 0 spiro atoms. The lowest BCUT2D eigenvalue weighted by Gasteiger charge is -2.08. The number of thioether (sulfide) groups is 1. The summed E-state index contributed by atoms with van der Waals surface area (Å²) in [6.45, 7) is 4.39. The Balaban J connectivity index is 1.43. The number of benzene rings is 1. The lowest BCUT2D eigenvalue weighted by molar-refractivity contribution is -0.113. The van der Waals surface area contributed by atoms with Crippen molar-refractivity contribution in [2.45, 2.75) is 50.2 Å². The van der Waals surface area contributed by atoms with Gasteiger partial charge in [0.15, 0.2) is 5.16 Å². The standard InChI is InChI=1S/C24H24ClN5OS2/c1-2-12-30-21(13-16-8-10-17(25)11-9-16)28-29-24(30)32-15-22(31)27-23-19(14-26)18-6-4-3-5-7-20(18)33-23/h2,8-11H,1,3-7,12-13,15H2,(H,27,31). The summed E-state index contributed by atoms with van der Waals surface area (Å²) in [4.78, 5) is 13.9. The van der Waals surface area contributed by atoms with E-state index in [0.29, 0.717) is 33.7 Å². The molecule has 0 saturated carbocycles. The Morgan fingerprint density at radius 3 is 2.82 bits per heavy atom. The molecule has 9 heteroatoms. The SMILES string of the molecule is C=CCn1c(Cc2ccc(Cl)cc2)nnc1SCC(=O)Nc1sc2c(c1C#N)CCCCC2. The second-order valence-electron chi connectivity index (χ2n) is 7.82. The van der Waals surface area contributed by atoms with Gasteiger partial charge in [-0.2, -0.15) is 5.26 Å². The first kappa shape index (κ1) is 23.6. The Labute approximate surface area is 206 Å². The highest BCUT2D eigenvalue weighted by Crippen LogP contribution is 2.37. The maximum Gasteiger partial charge on any atom is 0.235 e. The van der Waals surface area contributed by atoms with Crippen LogP contribution < -0.4 is 5.32 Å². The number of halogens is 1. The van der Waals surface area contributed by atoms with Gasteiger partial charge in [0.2, 0.25) is 5.91 Å². The number of rotatable bonds is 8. The number of anilines is 1. The fourth-order valence-corrected chi connectivity index (χ4v) is 6.04. The minimum atomic E-state index is -0.152. The Morgan fingerprint density at radius 2 is 2.06 bits per heavy atom. The highest BCUT2D eigenvalue weighted by atomic mass is 35.5. The van der Waals surface area contributed by atoms with Gasteiger partial charge in [-0.3, -0.25) is 4.79 Å². The zero-order valence-corrected chi connectivity index (χ0v) is 20.5. The van der Waals surface area contributed by atoms with Crippen molar-refractivity contribution in [1.29, 1.82) is 5.26 Å². The predicted octanol–water partition coefficient (Wildman–Crippen LogP) is 5.64. The van der Waals surface area contributed by atoms with Crippen LogP contribution in [0.1, 0.15) is 46.7 Å². The van der Waals surface area contributed by atoms with Gasteiger partial charge >= 0.3 is 0 Å². The van der Waals surface area contributed by atoms with Crippen molar-refractivity contribution in [2.24, 2.45) is 0 Å². The molecule has 0 radical (unpaired) electrons. The third kappa shape index (κ3) is 5.67. The third-order valence-electron chi connectivity index (χ3n) is 5.50. The number of amides is 1. The monoisotopic (exact) mass is 497 g/mol. The van der Waals surface area contributed by atoms with E-state index in [0.717, 1.165) is 42.6 Å². The molecule has 1 N–H and O–H groups in total. The molecule has 1 aliphatic rings. The lowest BCUT2D eigenvalue weighted by Crippen LogP contribution is -2.15. The van der Waals surface area contributed by atoms with Gasteiger partial charge in [-0.1, -0.05) is 48.0 Å². The summed E-state index contributed by atoms with van der Waals surface area (Å²) in [7, 11) is 0. The quantitative estimate of drug-likeness (QED) is 0.247. The molecule has 3 aromatic rings. The Bertz CT molecular complexity index is 1190. The van der Waals surface area contributed by atoms with Crippen molar-refractivity contribution in [3.05, 3.63) is 69.3 Å². The molecule has 0 atom stereocenters. The van der Waals surface area contributed by atoms with Gasteiger partial charge in [-0.25, -0.2) is 0 Å². The molecular formula is C24H24ClN5OS2. The van der Waals surface area contributed by atoms with E-state index in [1.165, 1.54) is 23.1 Å². The molecule has 1 amide bonds. The van der Waals surface area contributed by atoms with Crippen LogP contribution in [-0.2, 0) is 30.6 Å². The number of nitriles is 1. The largest absolute Gasteiger partial charge is 0.316 e. The van der Waals surface area contributed by atoms with Gasteiger partial charge in [0.05, 0.1) is 11.3 Å². The van der Waals surface area contributed by atoms with Crippen LogP contribution >= 0.6 is 34.7 Å². The zero-order chi connectivity index (χ0) is 23.2. The Morgan fingerprint density at radius 1 is 1.27 bits per heavy atom. The van der Waals surface area contributed by atoms with E-state index in [4.69, 9.17) is 11.6 Å². The van der Waals surface area contributed by atoms with Crippen molar-refractivity contribution in [1.82, 2.24) is 14.8 Å². The maximum atomic E-state index is 12.7. The molecule has 0 saturated heterocycles. The molecule has 6 nitrogen and oxygen atoms in total.